The SMILES string of the molecule is O=C=NCCCCCCN1CN(CCCCCCN=C=O)C(=O)N(CN=C=O)C1=O. The number of amides is 4. The molecule has 0 N–H and O–H groups in total. The molecule has 1 aliphatic heterocycles. The van der Waals surface area contributed by atoms with Crippen molar-refractivity contribution in [1.29, 1.82) is 0 Å². The van der Waals surface area contributed by atoms with Gasteiger partial charge in [0.1, 0.15) is 6.67 Å². The third kappa shape index (κ3) is 9.39. The number of carbonyl (C=O) groups excluding carboxylic acids is 5. The summed E-state index contributed by atoms with van der Waals surface area (Å²) in [4.78, 5) is 70.1. The van der Waals surface area contributed by atoms with E-state index in [1.54, 1.807) is 9.80 Å². The van der Waals surface area contributed by atoms with E-state index in [1.807, 2.05) is 0 Å². The molecular weight excluding hydrogens is 392 g/mol. The molecule has 0 unspecified atom stereocenters. The van der Waals surface area contributed by atoms with Gasteiger partial charge in [-0.15, -0.1) is 0 Å². The highest BCUT2D eigenvalue weighted by Crippen LogP contribution is 2.16. The Morgan fingerprint density at radius 1 is 0.633 bits per heavy atom. The van der Waals surface area contributed by atoms with Gasteiger partial charge in [-0.05, 0) is 25.7 Å². The first-order chi connectivity index (χ1) is 14.7. The van der Waals surface area contributed by atoms with E-state index >= 15 is 0 Å². The molecule has 0 aromatic carbocycles. The predicted molar refractivity (Wildman–Crippen MR) is 107 cm³/mol. The van der Waals surface area contributed by atoms with E-state index in [9.17, 15) is 24.0 Å². The number of carbonyl (C=O) groups is 2. The molecule has 1 fully saturated rings. The number of aliphatic imine (C=N–C) groups is 3. The Kier molecular flexibility index (Phi) is 13.1. The summed E-state index contributed by atoms with van der Waals surface area (Å²) in [6.45, 7) is 1.71. The summed E-state index contributed by atoms with van der Waals surface area (Å²) < 4.78 is 0. The lowest BCUT2D eigenvalue weighted by molar-refractivity contribution is 0.0774. The lowest BCUT2D eigenvalue weighted by Crippen LogP contribution is -2.61. The molecule has 0 atom stereocenters. The third-order valence-electron chi connectivity index (χ3n) is 4.65. The zero-order chi connectivity index (χ0) is 22.0. The van der Waals surface area contributed by atoms with E-state index in [4.69, 9.17) is 0 Å². The Morgan fingerprint density at radius 3 is 1.50 bits per heavy atom. The second-order valence-corrected chi connectivity index (χ2v) is 6.83. The van der Waals surface area contributed by atoms with E-state index in [-0.39, 0.29) is 13.3 Å². The summed E-state index contributed by atoms with van der Waals surface area (Å²) in [5.41, 5.74) is 0. The van der Waals surface area contributed by atoms with Gasteiger partial charge in [0.25, 0.3) is 0 Å². The lowest BCUT2D eigenvalue weighted by atomic mass is 10.2. The zero-order valence-electron chi connectivity index (χ0n) is 17.1. The van der Waals surface area contributed by atoms with E-state index in [0.717, 1.165) is 56.3 Å². The quantitative estimate of drug-likeness (QED) is 0.214. The molecule has 0 bridgehead atoms. The number of unbranched alkanes of at least 4 members (excludes halogenated alkanes) is 6. The molecule has 1 heterocycles. The number of nitrogens with zero attached hydrogens (tertiary/aromatic N) is 6. The minimum atomic E-state index is -0.465. The molecule has 164 valence electrons. The molecule has 1 rings (SSSR count). The van der Waals surface area contributed by atoms with Crippen LogP contribution in [-0.2, 0) is 14.4 Å². The van der Waals surface area contributed by atoms with Crippen molar-refractivity contribution in [3.8, 4) is 0 Å². The smallest absolute Gasteiger partial charge is 0.306 e. The summed E-state index contributed by atoms with van der Waals surface area (Å²) in [5, 5.41) is 0. The van der Waals surface area contributed by atoms with Gasteiger partial charge in [-0.25, -0.2) is 38.9 Å². The number of urea groups is 2. The Labute approximate surface area is 175 Å². The van der Waals surface area contributed by atoms with Crippen LogP contribution < -0.4 is 0 Å². The summed E-state index contributed by atoms with van der Waals surface area (Å²) in [5.74, 6) is 0. The van der Waals surface area contributed by atoms with Gasteiger partial charge in [0.2, 0.25) is 18.2 Å². The molecule has 11 heteroatoms. The fourth-order valence-corrected chi connectivity index (χ4v) is 3.09. The molecule has 30 heavy (non-hydrogen) atoms. The molecule has 0 aliphatic carbocycles. The molecule has 1 aliphatic rings. The second-order valence-electron chi connectivity index (χ2n) is 6.83. The van der Waals surface area contributed by atoms with Crippen molar-refractivity contribution < 1.29 is 24.0 Å². The van der Waals surface area contributed by atoms with Crippen LogP contribution in [0, 0.1) is 0 Å². The molecule has 11 nitrogen and oxygen atoms in total. The van der Waals surface area contributed by atoms with Gasteiger partial charge >= 0.3 is 12.1 Å². The highest BCUT2D eigenvalue weighted by Gasteiger charge is 2.36. The van der Waals surface area contributed by atoms with Crippen molar-refractivity contribution in [2.24, 2.45) is 15.0 Å². The highest BCUT2D eigenvalue weighted by molar-refractivity contribution is 5.95. The first kappa shape index (κ1) is 24.9. The van der Waals surface area contributed by atoms with Crippen LogP contribution in [-0.4, -0.2) is 84.5 Å². The van der Waals surface area contributed by atoms with Crippen molar-refractivity contribution in [2.45, 2.75) is 51.4 Å². The molecule has 4 amide bonds. The van der Waals surface area contributed by atoms with Gasteiger partial charge in [-0.3, -0.25) is 0 Å². The van der Waals surface area contributed by atoms with Crippen LogP contribution in [0.4, 0.5) is 9.59 Å². The lowest BCUT2D eigenvalue weighted by Gasteiger charge is -2.40. The maximum Gasteiger partial charge on any atom is 0.331 e. The van der Waals surface area contributed by atoms with Crippen molar-refractivity contribution in [3.63, 3.8) is 0 Å². The Hall–Kier alpha value is -3.12. The maximum absolute atomic E-state index is 12.6. The fraction of sp³-hybridized carbons (Fsp3) is 0.737. The van der Waals surface area contributed by atoms with Gasteiger partial charge in [0.15, 0.2) is 0 Å². The van der Waals surface area contributed by atoms with Crippen LogP contribution >= 0.6 is 0 Å². The molecule has 0 aromatic heterocycles. The van der Waals surface area contributed by atoms with Gasteiger partial charge in [-0.2, -0.15) is 4.99 Å². The summed E-state index contributed by atoms with van der Waals surface area (Å²) in [6.07, 6.45) is 10.9. The molecule has 0 spiro atoms. The summed E-state index contributed by atoms with van der Waals surface area (Å²) >= 11 is 0. The molecule has 0 aromatic rings. The van der Waals surface area contributed by atoms with Crippen LogP contribution in [0.5, 0.6) is 0 Å². The number of rotatable bonds is 16. The summed E-state index contributed by atoms with van der Waals surface area (Å²) in [6, 6.07) is -0.931. The van der Waals surface area contributed by atoms with Gasteiger partial charge in [0, 0.05) is 13.1 Å². The first-order valence-corrected chi connectivity index (χ1v) is 10.1. The van der Waals surface area contributed by atoms with Crippen molar-refractivity contribution >= 4 is 30.3 Å². The van der Waals surface area contributed by atoms with E-state index in [1.165, 1.54) is 18.2 Å². The molecule has 1 saturated heterocycles. The molecular formula is C19H28N6O5. The van der Waals surface area contributed by atoms with E-state index < -0.39 is 12.1 Å². The van der Waals surface area contributed by atoms with Crippen LogP contribution in [0.2, 0.25) is 0 Å². The van der Waals surface area contributed by atoms with E-state index in [2.05, 4.69) is 15.0 Å². The largest absolute Gasteiger partial charge is 0.331 e. The Balaban J connectivity index is 2.52. The predicted octanol–water partition coefficient (Wildman–Crippen LogP) is 2.19. The minimum absolute atomic E-state index is 0.198. The van der Waals surface area contributed by atoms with E-state index in [0.29, 0.717) is 26.2 Å². The fourth-order valence-electron chi connectivity index (χ4n) is 3.09. The van der Waals surface area contributed by atoms with Crippen LogP contribution in [0.15, 0.2) is 15.0 Å². The summed E-state index contributed by atoms with van der Waals surface area (Å²) in [7, 11) is 0. The van der Waals surface area contributed by atoms with Crippen LogP contribution in [0.1, 0.15) is 51.4 Å². The van der Waals surface area contributed by atoms with Crippen LogP contribution in [0.3, 0.4) is 0 Å². The third-order valence-corrected chi connectivity index (χ3v) is 4.65. The second kappa shape index (κ2) is 15.8. The number of hydrogen-bond donors (Lipinski definition) is 0. The Bertz CT molecular complexity index is 648. The average Bonchev–Trinajstić information content (AvgIpc) is 2.74. The van der Waals surface area contributed by atoms with Crippen LogP contribution in [0.25, 0.3) is 0 Å². The Morgan fingerprint density at radius 2 is 1.07 bits per heavy atom. The first-order valence-electron chi connectivity index (χ1n) is 10.1. The van der Waals surface area contributed by atoms with Gasteiger partial charge < -0.3 is 9.80 Å². The maximum atomic E-state index is 12.6. The molecule has 0 saturated carbocycles. The topological polar surface area (TPSA) is 132 Å². The minimum Gasteiger partial charge on any atom is -0.306 e. The standard InChI is InChI=1S/C19H28N6O5/c26-14-20-9-5-1-3-7-11-23-17-24(12-8-4-2-6-10-21-15-27)19(30)25(18(23)29)13-22-16-28/h1-13,17H2. The number of isocyanates is 3. The monoisotopic (exact) mass is 420 g/mol. The number of hydrogen-bond acceptors (Lipinski definition) is 8. The average molecular weight is 420 g/mol. The van der Waals surface area contributed by atoms with Gasteiger partial charge in [-0.1, -0.05) is 25.7 Å². The van der Waals surface area contributed by atoms with Crippen molar-refractivity contribution in [3.05, 3.63) is 0 Å². The van der Waals surface area contributed by atoms with Crippen molar-refractivity contribution in [2.75, 3.05) is 39.5 Å². The number of imide groups is 1. The normalized spacial score (nSPS) is 13.5. The zero-order valence-corrected chi connectivity index (χ0v) is 17.1. The molecule has 0 radical (unpaired) electrons. The van der Waals surface area contributed by atoms with Gasteiger partial charge in [0.05, 0.1) is 19.8 Å². The highest BCUT2D eigenvalue weighted by atomic mass is 16.2. The van der Waals surface area contributed by atoms with Crippen molar-refractivity contribution in [1.82, 2.24) is 14.7 Å².